The zero-order valence-corrected chi connectivity index (χ0v) is 10.5. The number of pyridine rings is 1. The van der Waals surface area contributed by atoms with Gasteiger partial charge in [-0.05, 0) is 37.8 Å². The summed E-state index contributed by atoms with van der Waals surface area (Å²) >= 11 is 1.89. The molecule has 0 bridgehead atoms. The van der Waals surface area contributed by atoms with E-state index in [1.807, 2.05) is 24.0 Å². The molecule has 1 heterocycles. The minimum absolute atomic E-state index is 0.464. The molecular formula is C13H19NOS. The van der Waals surface area contributed by atoms with E-state index in [1.54, 1.807) is 6.92 Å². The number of rotatable bonds is 4. The highest BCUT2D eigenvalue weighted by Gasteiger charge is 2.15. The number of thioether (sulfide) groups is 1. The summed E-state index contributed by atoms with van der Waals surface area (Å²) in [7, 11) is 0. The molecule has 1 aromatic heterocycles. The normalized spacial score (nSPS) is 18.9. The SMILES string of the molecule is CC(O)c1ccc(SCC2CCCC2)cn1. The molecule has 1 aliphatic carbocycles. The smallest absolute Gasteiger partial charge is 0.0931 e. The van der Waals surface area contributed by atoms with Crippen molar-refractivity contribution in [1.29, 1.82) is 0 Å². The fraction of sp³-hybridized carbons (Fsp3) is 0.615. The summed E-state index contributed by atoms with van der Waals surface area (Å²) in [4.78, 5) is 5.47. The predicted octanol–water partition coefficient (Wildman–Crippen LogP) is 3.42. The van der Waals surface area contributed by atoms with Crippen LogP contribution in [0.2, 0.25) is 0 Å². The molecule has 1 aromatic rings. The van der Waals surface area contributed by atoms with Gasteiger partial charge in [0.05, 0.1) is 11.8 Å². The van der Waals surface area contributed by atoms with Crippen molar-refractivity contribution in [1.82, 2.24) is 4.98 Å². The second kappa shape index (κ2) is 5.69. The summed E-state index contributed by atoms with van der Waals surface area (Å²) in [6.45, 7) is 1.74. The zero-order valence-electron chi connectivity index (χ0n) is 9.72. The topological polar surface area (TPSA) is 33.1 Å². The van der Waals surface area contributed by atoms with Crippen LogP contribution in [0.15, 0.2) is 23.2 Å². The van der Waals surface area contributed by atoms with E-state index in [0.29, 0.717) is 0 Å². The molecule has 1 atom stereocenters. The van der Waals surface area contributed by atoms with Gasteiger partial charge in [0.25, 0.3) is 0 Å². The van der Waals surface area contributed by atoms with E-state index >= 15 is 0 Å². The lowest BCUT2D eigenvalue weighted by Crippen LogP contribution is -1.97. The van der Waals surface area contributed by atoms with E-state index in [4.69, 9.17) is 0 Å². The molecule has 1 fully saturated rings. The van der Waals surface area contributed by atoms with Crippen molar-refractivity contribution in [3.05, 3.63) is 24.0 Å². The van der Waals surface area contributed by atoms with Crippen molar-refractivity contribution >= 4 is 11.8 Å². The standard InChI is InChI=1S/C13H19NOS/c1-10(15)13-7-6-12(8-14-13)16-9-11-4-2-3-5-11/h6-8,10-11,15H,2-5,9H2,1H3. The lowest BCUT2D eigenvalue weighted by Gasteiger charge is -2.08. The van der Waals surface area contributed by atoms with Gasteiger partial charge in [-0.25, -0.2) is 0 Å². The minimum atomic E-state index is -0.464. The van der Waals surface area contributed by atoms with E-state index in [2.05, 4.69) is 11.1 Å². The van der Waals surface area contributed by atoms with Crippen LogP contribution in [0.5, 0.6) is 0 Å². The van der Waals surface area contributed by atoms with Crippen LogP contribution in [0, 0.1) is 5.92 Å². The van der Waals surface area contributed by atoms with Crippen LogP contribution in [0.4, 0.5) is 0 Å². The van der Waals surface area contributed by atoms with Gasteiger partial charge in [0.2, 0.25) is 0 Å². The van der Waals surface area contributed by atoms with Crippen LogP contribution < -0.4 is 0 Å². The Bertz CT molecular complexity index is 317. The largest absolute Gasteiger partial charge is 0.387 e. The van der Waals surface area contributed by atoms with Crippen LogP contribution in [-0.2, 0) is 0 Å². The lowest BCUT2D eigenvalue weighted by molar-refractivity contribution is 0.194. The number of aliphatic hydroxyl groups is 1. The minimum Gasteiger partial charge on any atom is -0.387 e. The van der Waals surface area contributed by atoms with Crippen molar-refractivity contribution in [3.8, 4) is 0 Å². The Balaban J connectivity index is 1.84. The summed E-state index contributed by atoms with van der Waals surface area (Å²) in [6.07, 6.45) is 7.02. The van der Waals surface area contributed by atoms with Gasteiger partial charge in [-0.2, -0.15) is 0 Å². The Kier molecular flexibility index (Phi) is 4.24. The molecule has 0 aromatic carbocycles. The first-order valence-electron chi connectivity index (χ1n) is 6.02. The van der Waals surface area contributed by atoms with Crippen molar-refractivity contribution in [2.75, 3.05) is 5.75 Å². The fourth-order valence-electron chi connectivity index (χ4n) is 2.12. The van der Waals surface area contributed by atoms with Gasteiger partial charge in [0, 0.05) is 16.8 Å². The molecule has 2 nitrogen and oxygen atoms in total. The number of aromatic nitrogens is 1. The van der Waals surface area contributed by atoms with Gasteiger partial charge < -0.3 is 5.11 Å². The third kappa shape index (κ3) is 3.22. The van der Waals surface area contributed by atoms with Crippen LogP contribution in [-0.4, -0.2) is 15.8 Å². The Morgan fingerprint density at radius 1 is 1.44 bits per heavy atom. The summed E-state index contributed by atoms with van der Waals surface area (Å²) in [5.41, 5.74) is 0.755. The maximum absolute atomic E-state index is 9.35. The molecule has 0 saturated heterocycles. The maximum atomic E-state index is 9.35. The first kappa shape index (κ1) is 11.9. The van der Waals surface area contributed by atoms with Crippen molar-refractivity contribution in [2.45, 2.75) is 43.6 Å². The van der Waals surface area contributed by atoms with E-state index in [1.165, 1.54) is 36.3 Å². The van der Waals surface area contributed by atoms with Gasteiger partial charge in [-0.15, -0.1) is 11.8 Å². The molecule has 1 saturated carbocycles. The van der Waals surface area contributed by atoms with Crippen molar-refractivity contribution in [2.24, 2.45) is 5.92 Å². The summed E-state index contributed by atoms with van der Waals surface area (Å²) in [5.74, 6) is 2.12. The summed E-state index contributed by atoms with van der Waals surface area (Å²) < 4.78 is 0. The average molecular weight is 237 g/mol. The lowest BCUT2D eigenvalue weighted by atomic mass is 10.1. The molecule has 3 heteroatoms. The molecule has 16 heavy (non-hydrogen) atoms. The molecule has 0 amide bonds. The van der Waals surface area contributed by atoms with E-state index in [-0.39, 0.29) is 0 Å². The Hall–Kier alpha value is -0.540. The van der Waals surface area contributed by atoms with E-state index in [0.717, 1.165) is 11.6 Å². The van der Waals surface area contributed by atoms with Gasteiger partial charge in [0.15, 0.2) is 0 Å². The Morgan fingerprint density at radius 3 is 2.75 bits per heavy atom. The van der Waals surface area contributed by atoms with Crippen LogP contribution in [0.25, 0.3) is 0 Å². The first-order chi connectivity index (χ1) is 7.75. The summed E-state index contributed by atoms with van der Waals surface area (Å²) in [5, 5.41) is 9.35. The van der Waals surface area contributed by atoms with Crippen molar-refractivity contribution < 1.29 is 5.11 Å². The van der Waals surface area contributed by atoms with Crippen LogP contribution >= 0.6 is 11.8 Å². The summed E-state index contributed by atoms with van der Waals surface area (Å²) in [6, 6.07) is 3.98. The molecule has 2 rings (SSSR count). The molecule has 0 spiro atoms. The second-order valence-corrected chi connectivity index (χ2v) is 5.65. The predicted molar refractivity (Wildman–Crippen MR) is 67.6 cm³/mol. The number of aliphatic hydroxyl groups excluding tert-OH is 1. The van der Waals surface area contributed by atoms with Crippen molar-refractivity contribution in [3.63, 3.8) is 0 Å². The number of hydrogen-bond donors (Lipinski definition) is 1. The molecule has 1 N–H and O–H groups in total. The fourth-order valence-corrected chi connectivity index (χ4v) is 3.17. The zero-order chi connectivity index (χ0) is 11.4. The molecule has 88 valence electrons. The van der Waals surface area contributed by atoms with Gasteiger partial charge >= 0.3 is 0 Å². The van der Waals surface area contributed by atoms with Gasteiger partial charge in [0.1, 0.15) is 0 Å². The molecule has 0 radical (unpaired) electrons. The van der Waals surface area contributed by atoms with Crippen LogP contribution in [0.1, 0.15) is 44.4 Å². The number of hydrogen-bond acceptors (Lipinski definition) is 3. The van der Waals surface area contributed by atoms with Crippen LogP contribution in [0.3, 0.4) is 0 Å². The first-order valence-corrected chi connectivity index (χ1v) is 7.01. The highest BCUT2D eigenvalue weighted by molar-refractivity contribution is 7.99. The third-order valence-electron chi connectivity index (χ3n) is 3.15. The Morgan fingerprint density at radius 2 is 2.19 bits per heavy atom. The second-order valence-electron chi connectivity index (χ2n) is 4.56. The van der Waals surface area contributed by atoms with E-state index in [9.17, 15) is 5.11 Å². The highest BCUT2D eigenvalue weighted by atomic mass is 32.2. The quantitative estimate of drug-likeness (QED) is 0.815. The average Bonchev–Trinajstić information content (AvgIpc) is 2.80. The maximum Gasteiger partial charge on any atom is 0.0931 e. The van der Waals surface area contributed by atoms with Gasteiger partial charge in [-0.3, -0.25) is 4.98 Å². The Labute approximate surface area is 101 Å². The monoisotopic (exact) mass is 237 g/mol. The molecule has 1 unspecified atom stereocenters. The third-order valence-corrected chi connectivity index (χ3v) is 4.36. The molecular weight excluding hydrogens is 218 g/mol. The molecule has 1 aliphatic rings. The molecule has 0 aliphatic heterocycles. The van der Waals surface area contributed by atoms with E-state index < -0.39 is 6.10 Å². The number of nitrogens with zero attached hydrogens (tertiary/aromatic N) is 1. The highest BCUT2D eigenvalue weighted by Crippen LogP contribution is 2.30. The van der Waals surface area contributed by atoms with Gasteiger partial charge in [-0.1, -0.05) is 12.8 Å².